The number of hydrazone groups is 1. The predicted molar refractivity (Wildman–Crippen MR) is 94.8 cm³/mol. The van der Waals surface area contributed by atoms with E-state index in [1.165, 1.54) is 10.7 Å². The van der Waals surface area contributed by atoms with Gasteiger partial charge in [0, 0.05) is 12.0 Å². The molecule has 0 fully saturated rings. The molecule has 1 heterocycles. The Morgan fingerprint density at radius 1 is 1.12 bits per heavy atom. The highest BCUT2D eigenvalue weighted by Gasteiger charge is 2.35. The van der Waals surface area contributed by atoms with E-state index in [0.717, 1.165) is 22.4 Å². The van der Waals surface area contributed by atoms with Crippen LogP contribution in [0.25, 0.3) is 0 Å². The molecule has 0 unspecified atom stereocenters. The smallest absolute Gasteiger partial charge is 0.247 e. The number of ether oxygens (including phenoxy) is 1. The number of sulfonamides is 1. The molecular weight excluding hydrogens is 324 g/mol. The van der Waals surface area contributed by atoms with Crippen molar-refractivity contribution in [2.75, 3.05) is 13.4 Å². The van der Waals surface area contributed by atoms with E-state index in [2.05, 4.69) is 5.10 Å². The topological polar surface area (TPSA) is 59.0 Å². The van der Waals surface area contributed by atoms with Crippen LogP contribution in [0.1, 0.15) is 29.2 Å². The van der Waals surface area contributed by atoms with Crippen molar-refractivity contribution >= 4 is 15.7 Å². The Balaban J connectivity index is 2.04. The van der Waals surface area contributed by atoms with Gasteiger partial charge in [-0.05, 0) is 18.6 Å². The summed E-state index contributed by atoms with van der Waals surface area (Å²) < 4.78 is 31.0. The minimum absolute atomic E-state index is 0.396. The van der Waals surface area contributed by atoms with Gasteiger partial charge in [0.1, 0.15) is 5.75 Å². The molecule has 0 aromatic heterocycles. The van der Waals surface area contributed by atoms with Crippen molar-refractivity contribution in [3.8, 4) is 5.75 Å². The van der Waals surface area contributed by atoms with Gasteiger partial charge in [0.25, 0.3) is 0 Å². The number of aryl methyl sites for hydroxylation is 1. The molecule has 0 bridgehead atoms. The second-order valence-electron chi connectivity index (χ2n) is 5.91. The third-order valence-corrected chi connectivity index (χ3v) is 5.11. The van der Waals surface area contributed by atoms with Crippen LogP contribution in [0.2, 0.25) is 0 Å². The maximum Gasteiger partial charge on any atom is 0.247 e. The van der Waals surface area contributed by atoms with E-state index < -0.39 is 16.1 Å². The molecule has 24 heavy (non-hydrogen) atoms. The second kappa shape index (κ2) is 6.28. The summed E-state index contributed by atoms with van der Waals surface area (Å²) >= 11 is 0. The van der Waals surface area contributed by atoms with Gasteiger partial charge < -0.3 is 4.74 Å². The standard InChI is InChI=1S/C18H20N2O3S/c1-13-8-10-14(11-9-13)16-12-17(20(19-16)24(3,21)22)15-6-4-5-7-18(15)23-2/h4-11,17H,12H2,1-3H3/t17-/m0/s1. The van der Waals surface area contributed by atoms with E-state index in [4.69, 9.17) is 4.74 Å². The van der Waals surface area contributed by atoms with Gasteiger partial charge >= 0.3 is 0 Å². The Morgan fingerprint density at radius 3 is 2.42 bits per heavy atom. The van der Waals surface area contributed by atoms with Crippen molar-refractivity contribution in [2.45, 2.75) is 19.4 Å². The molecule has 2 aromatic rings. The molecule has 0 aliphatic carbocycles. The number of rotatable bonds is 4. The monoisotopic (exact) mass is 344 g/mol. The Kier molecular flexibility index (Phi) is 4.32. The molecule has 6 heteroatoms. The lowest BCUT2D eigenvalue weighted by atomic mass is 9.98. The average molecular weight is 344 g/mol. The summed E-state index contributed by atoms with van der Waals surface area (Å²) in [6, 6.07) is 15.0. The molecule has 0 radical (unpaired) electrons. The molecule has 0 amide bonds. The van der Waals surface area contributed by atoms with Crippen LogP contribution in [-0.2, 0) is 10.0 Å². The molecule has 1 aliphatic heterocycles. The van der Waals surface area contributed by atoms with Crippen LogP contribution in [0.5, 0.6) is 5.75 Å². The summed E-state index contributed by atoms with van der Waals surface area (Å²) in [6.45, 7) is 2.01. The van der Waals surface area contributed by atoms with Gasteiger partial charge in [-0.2, -0.15) is 9.52 Å². The molecule has 126 valence electrons. The molecule has 5 nitrogen and oxygen atoms in total. The van der Waals surface area contributed by atoms with Gasteiger partial charge in [0.15, 0.2) is 0 Å². The summed E-state index contributed by atoms with van der Waals surface area (Å²) in [7, 11) is -1.90. The normalized spacial score (nSPS) is 17.7. The Morgan fingerprint density at radius 2 is 1.79 bits per heavy atom. The van der Waals surface area contributed by atoms with Crippen LogP contribution in [0, 0.1) is 6.92 Å². The van der Waals surface area contributed by atoms with Gasteiger partial charge in [-0.25, -0.2) is 8.42 Å². The zero-order valence-electron chi connectivity index (χ0n) is 13.9. The second-order valence-corrected chi connectivity index (χ2v) is 7.75. The fourth-order valence-electron chi connectivity index (χ4n) is 2.89. The lowest BCUT2D eigenvalue weighted by Gasteiger charge is -2.23. The first kappa shape index (κ1) is 16.5. The summed E-state index contributed by atoms with van der Waals surface area (Å²) in [5, 5.41) is 4.40. The van der Waals surface area contributed by atoms with Gasteiger partial charge in [-0.1, -0.05) is 48.0 Å². The van der Waals surface area contributed by atoms with Gasteiger partial charge in [-0.3, -0.25) is 0 Å². The quantitative estimate of drug-likeness (QED) is 0.856. The number of hydrogen-bond acceptors (Lipinski definition) is 4. The molecule has 0 saturated carbocycles. The van der Waals surface area contributed by atoms with Gasteiger partial charge in [0.2, 0.25) is 10.0 Å². The van der Waals surface area contributed by atoms with Crippen molar-refractivity contribution < 1.29 is 13.2 Å². The third kappa shape index (κ3) is 3.14. The van der Waals surface area contributed by atoms with Crippen molar-refractivity contribution in [3.05, 3.63) is 65.2 Å². The van der Waals surface area contributed by atoms with Crippen molar-refractivity contribution in [1.82, 2.24) is 4.41 Å². The number of benzene rings is 2. The molecule has 1 atom stereocenters. The van der Waals surface area contributed by atoms with Crippen LogP contribution < -0.4 is 4.74 Å². The minimum Gasteiger partial charge on any atom is -0.496 e. The van der Waals surface area contributed by atoms with Gasteiger partial charge in [-0.15, -0.1) is 0 Å². The first-order valence-electron chi connectivity index (χ1n) is 7.67. The minimum atomic E-state index is -3.48. The zero-order valence-corrected chi connectivity index (χ0v) is 14.7. The molecule has 2 aromatic carbocycles. The highest BCUT2D eigenvalue weighted by molar-refractivity contribution is 7.88. The Bertz CT molecular complexity index is 873. The highest BCUT2D eigenvalue weighted by atomic mass is 32.2. The van der Waals surface area contributed by atoms with Crippen LogP contribution in [0.15, 0.2) is 53.6 Å². The van der Waals surface area contributed by atoms with Crippen LogP contribution in [-0.4, -0.2) is 31.9 Å². The van der Waals surface area contributed by atoms with E-state index >= 15 is 0 Å². The number of para-hydroxylation sites is 1. The maximum atomic E-state index is 12.2. The van der Waals surface area contributed by atoms with E-state index in [1.54, 1.807) is 7.11 Å². The predicted octanol–water partition coefficient (Wildman–Crippen LogP) is 3.11. The van der Waals surface area contributed by atoms with Crippen LogP contribution in [0.3, 0.4) is 0 Å². The van der Waals surface area contributed by atoms with Crippen molar-refractivity contribution in [2.24, 2.45) is 5.10 Å². The van der Waals surface area contributed by atoms with E-state index in [1.807, 2.05) is 55.5 Å². The largest absolute Gasteiger partial charge is 0.496 e. The molecule has 0 N–H and O–H groups in total. The fraction of sp³-hybridized carbons (Fsp3) is 0.278. The lowest BCUT2D eigenvalue weighted by molar-refractivity contribution is 0.352. The number of hydrogen-bond donors (Lipinski definition) is 0. The molecule has 0 saturated heterocycles. The SMILES string of the molecule is COc1ccccc1[C@@H]1CC(c2ccc(C)cc2)=NN1S(C)(=O)=O. The summed E-state index contributed by atoms with van der Waals surface area (Å²) in [5.41, 5.74) is 3.66. The van der Waals surface area contributed by atoms with Crippen LogP contribution in [0.4, 0.5) is 0 Å². The first-order chi connectivity index (χ1) is 11.4. The molecule has 0 spiro atoms. The molecule has 3 rings (SSSR count). The zero-order chi connectivity index (χ0) is 17.3. The number of methoxy groups -OCH3 is 1. The summed E-state index contributed by atoms with van der Waals surface area (Å²) in [6.07, 6.45) is 1.69. The summed E-state index contributed by atoms with van der Waals surface area (Å²) in [4.78, 5) is 0. The van der Waals surface area contributed by atoms with Crippen molar-refractivity contribution in [1.29, 1.82) is 0 Å². The Hall–Kier alpha value is -2.34. The highest BCUT2D eigenvalue weighted by Crippen LogP contribution is 2.38. The van der Waals surface area contributed by atoms with Crippen molar-refractivity contribution in [3.63, 3.8) is 0 Å². The number of nitrogens with zero attached hydrogens (tertiary/aromatic N) is 2. The lowest BCUT2D eigenvalue weighted by Crippen LogP contribution is -2.26. The van der Waals surface area contributed by atoms with Gasteiger partial charge in [0.05, 0.1) is 25.1 Å². The molecular formula is C18H20N2O3S. The van der Waals surface area contributed by atoms with E-state index in [0.29, 0.717) is 12.2 Å². The van der Waals surface area contributed by atoms with Crippen LogP contribution >= 0.6 is 0 Å². The van der Waals surface area contributed by atoms with E-state index in [9.17, 15) is 8.42 Å². The third-order valence-electron chi connectivity index (χ3n) is 4.10. The molecule has 1 aliphatic rings. The summed E-state index contributed by atoms with van der Waals surface area (Å²) in [5.74, 6) is 0.663. The maximum absolute atomic E-state index is 12.2. The fourth-order valence-corrected chi connectivity index (χ4v) is 3.79. The van der Waals surface area contributed by atoms with E-state index in [-0.39, 0.29) is 0 Å². The Labute approximate surface area is 142 Å². The average Bonchev–Trinajstić information content (AvgIpc) is 3.01. The first-order valence-corrected chi connectivity index (χ1v) is 9.52.